The fourth-order valence-electron chi connectivity index (χ4n) is 2.46. The Bertz CT molecular complexity index is 773. The van der Waals surface area contributed by atoms with Crippen molar-refractivity contribution >= 4 is 22.9 Å². The summed E-state index contributed by atoms with van der Waals surface area (Å²) in [5.41, 5.74) is 2.18. The molecule has 1 heterocycles. The van der Waals surface area contributed by atoms with Crippen molar-refractivity contribution < 1.29 is 14.6 Å². The van der Waals surface area contributed by atoms with E-state index in [1.165, 1.54) is 11.3 Å². The van der Waals surface area contributed by atoms with Crippen molar-refractivity contribution in [3.05, 3.63) is 44.3 Å². The molecule has 1 atom stereocenters. The first-order valence-corrected chi connectivity index (χ1v) is 8.94. The van der Waals surface area contributed by atoms with Crippen LogP contribution in [-0.2, 0) is 11.3 Å². The number of benzene rings is 1. The molecular weight excluding hydrogens is 340 g/mol. The van der Waals surface area contributed by atoms with E-state index in [1.807, 2.05) is 32.3 Å². The van der Waals surface area contributed by atoms with E-state index in [4.69, 9.17) is 0 Å². The summed E-state index contributed by atoms with van der Waals surface area (Å²) in [6, 6.07) is 5.26. The number of likely N-dealkylation sites (N-methyl/N-ethyl adjacent to an activating group) is 1. The number of amides is 1. The second kappa shape index (κ2) is 8.17. The Labute approximate surface area is 150 Å². The molecule has 0 aliphatic heterocycles. The number of aromatic nitrogens is 1. The zero-order valence-corrected chi connectivity index (χ0v) is 15.6. The van der Waals surface area contributed by atoms with Gasteiger partial charge in [-0.1, -0.05) is 12.1 Å². The largest absolute Gasteiger partial charge is 0.349 e. The van der Waals surface area contributed by atoms with E-state index in [0.29, 0.717) is 18.7 Å². The van der Waals surface area contributed by atoms with Gasteiger partial charge in [-0.3, -0.25) is 14.9 Å². The molecule has 2 rings (SSSR count). The van der Waals surface area contributed by atoms with Crippen LogP contribution in [0.15, 0.2) is 23.6 Å². The van der Waals surface area contributed by atoms with Crippen LogP contribution in [0.4, 0.5) is 5.69 Å². The Morgan fingerprint density at radius 2 is 2.16 bits per heavy atom. The van der Waals surface area contributed by atoms with Gasteiger partial charge < -0.3 is 10.2 Å². The van der Waals surface area contributed by atoms with E-state index in [-0.39, 0.29) is 22.6 Å². The highest BCUT2D eigenvalue weighted by molar-refractivity contribution is 7.09. The predicted molar refractivity (Wildman–Crippen MR) is 97.7 cm³/mol. The standard InChI is InChI=1S/C17H22N4O3S/c1-11(2)18-16(22)8-20(4)9-17-19-14(10-25-17)13-6-5-12(3)15(7-13)21(23)24/h5-7,10-11H,8-9H2,1-4H3,(H,18,22)/p+1. The summed E-state index contributed by atoms with van der Waals surface area (Å²) in [6.07, 6.45) is 0. The number of hydrogen-bond donors (Lipinski definition) is 2. The molecule has 1 amide bonds. The number of carbonyl (C=O) groups excluding carboxylic acids is 1. The molecule has 0 fully saturated rings. The van der Waals surface area contributed by atoms with Gasteiger partial charge in [0.1, 0.15) is 11.6 Å². The molecule has 134 valence electrons. The molecule has 1 unspecified atom stereocenters. The van der Waals surface area contributed by atoms with Gasteiger partial charge in [-0.05, 0) is 20.8 Å². The van der Waals surface area contributed by atoms with Crippen molar-refractivity contribution in [2.24, 2.45) is 0 Å². The summed E-state index contributed by atoms with van der Waals surface area (Å²) in [6.45, 7) is 6.59. The van der Waals surface area contributed by atoms with Crippen LogP contribution in [0.3, 0.4) is 0 Å². The lowest BCUT2D eigenvalue weighted by Crippen LogP contribution is -3.09. The lowest BCUT2D eigenvalue weighted by Gasteiger charge is -2.13. The summed E-state index contributed by atoms with van der Waals surface area (Å²) < 4.78 is 0. The summed E-state index contributed by atoms with van der Waals surface area (Å²) in [4.78, 5) is 28.1. The zero-order chi connectivity index (χ0) is 18.6. The first-order valence-electron chi connectivity index (χ1n) is 8.06. The number of aryl methyl sites for hydroxylation is 1. The third-order valence-electron chi connectivity index (χ3n) is 3.62. The van der Waals surface area contributed by atoms with Crippen LogP contribution in [0.25, 0.3) is 11.3 Å². The molecule has 0 aliphatic rings. The molecule has 7 nitrogen and oxygen atoms in total. The summed E-state index contributed by atoms with van der Waals surface area (Å²) >= 11 is 1.50. The average Bonchev–Trinajstić information content (AvgIpc) is 2.94. The Kier molecular flexibility index (Phi) is 6.22. The zero-order valence-electron chi connectivity index (χ0n) is 14.8. The smallest absolute Gasteiger partial charge is 0.275 e. The van der Waals surface area contributed by atoms with Crippen LogP contribution in [0.1, 0.15) is 24.4 Å². The molecule has 0 saturated carbocycles. The third kappa shape index (κ3) is 5.33. The number of rotatable bonds is 7. The van der Waals surface area contributed by atoms with E-state index in [2.05, 4.69) is 10.3 Å². The van der Waals surface area contributed by atoms with Gasteiger partial charge in [0.05, 0.1) is 17.7 Å². The minimum atomic E-state index is -0.378. The number of quaternary nitrogens is 1. The second-order valence-electron chi connectivity index (χ2n) is 6.42. The minimum Gasteiger partial charge on any atom is -0.349 e. The summed E-state index contributed by atoms with van der Waals surface area (Å²) in [7, 11) is 1.94. The summed E-state index contributed by atoms with van der Waals surface area (Å²) in [5, 5.41) is 16.7. The highest BCUT2D eigenvalue weighted by Gasteiger charge is 2.16. The van der Waals surface area contributed by atoms with E-state index >= 15 is 0 Å². The van der Waals surface area contributed by atoms with E-state index in [0.717, 1.165) is 21.2 Å². The first-order chi connectivity index (χ1) is 11.8. The van der Waals surface area contributed by atoms with Gasteiger partial charge >= 0.3 is 0 Å². The molecule has 0 saturated heterocycles. The minimum absolute atomic E-state index is 0.0124. The molecule has 8 heteroatoms. The molecule has 1 aromatic heterocycles. The van der Waals surface area contributed by atoms with Crippen LogP contribution in [0.5, 0.6) is 0 Å². The Balaban J connectivity index is 2.06. The van der Waals surface area contributed by atoms with E-state index < -0.39 is 0 Å². The van der Waals surface area contributed by atoms with Gasteiger partial charge in [0.25, 0.3) is 11.6 Å². The topological polar surface area (TPSA) is 89.6 Å². The van der Waals surface area contributed by atoms with Crippen molar-refractivity contribution in [1.82, 2.24) is 10.3 Å². The van der Waals surface area contributed by atoms with Crippen molar-refractivity contribution in [1.29, 1.82) is 0 Å². The first kappa shape index (κ1) is 19.0. The molecule has 2 N–H and O–H groups in total. The molecule has 25 heavy (non-hydrogen) atoms. The van der Waals surface area contributed by atoms with E-state index in [9.17, 15) is 14.9 Å². The number of thiazole rings is 1. The maximum absolute atomic E-state index is 11.8. The maximum Gasteiger partial charge on any atom is 0.275 e. The molecule has 2 aromatic rings. The molecule has 0 spiro atoms. The predicted octanol–water partition coefficient (Wildman–Crippen LogP) is 1.57. The van der Waals surface area contributed by atoms with Crippen LogP contribution < -0.4 is 10.2 Å². The van der Waals surface area contributed by atoms with E-state index in [1.54, 1.807) is 19.1 Å². The van der Waals surface area contributed by atoms with Crippen LogP contribution in [-0.4, -0.2) is 35.4 Å². The van der Waals surface area contributed by atoms with Gasteiger partial charge in [0.15, 0.2) is 6.54 Å². The van der Waals surface area contributed by atoms with Crippen molar-refractivity contribution in [2.75, 3.05) is 13.6 Å². The monoisotopic (exact) mass is 363 g/mol. The second-order valence-corrected chi connectivity index (χ2v) is 7.36. The SMILES string of the molecule is Cc1ccc(-c2csc(C[NH+](C)CC(=O)NC(C)C)n2)cc1[N+](=O)[O-]. The van der Waals surface area contributed by atoms with Crippen molar-refractivity contribution in [2.45, 2.75) is 33.4 Å². The number of nitrogens with zero attached hydrogens (tertiary/aromatic N) is 2. The summed E-state index contributed by atoms with van der Waals surface area (Å²) in [5.74, 6) is 0.0124. The fraction of sp³-hybridized carbons (Fsp3) is 0.412. The maximum atomic E-state index is 11.8. The highest BCUT2D eigenvalue weighted by Crippen LogP contribution is 2.27. The van der Waals surface area contributed by atoms with Gasteiger partial charge in [0, 0.05) is 28.6 Å². The van der Waals surface area contributed by atoms with Gasteiger partial charge in [0.2, 0.25) is 0 Å². The Hall–Kier alpha value is -2.32. The quantitative estimate of drug-likeness (QED) is 0.577. The number of hydrogen-bond acceptors (Lipinski definition) is 5. The fourth-order valence-corrected chi connectivity index (χ4v) is 3.38. The molecule has 0 bridgehead atoms. The molecular formula is C17H23N4O3S+. The molecule has 0 radical (unpaired) electrons. The van der Waals surface area contributed by atoms with Gasteiger partial charge in [-0.25, -0.2) is 4.98 Å². The lowest BCUT2D eigenvalue weighted by molar-refractivity contribution is -0.885. The van der Waals surface area contributed by atoms with Crippen LogP contribution in [0, 0.1) is 17.0 Å². The van der Waals surface area contributed by atoms with Crippen LogP contribution in [0.2, 0.25) is 0 Å². The lowest BCUT2D eigenvalue weighted by atomic mass is 10.1. The number of nitrogens with one attached hydrogen (secondary N) is 2. The number of carbonyl (C=O) groups is 1. The number of nitro groups is 1. The number of nitro benzene ring substituents is 1. The molecule has 0 aliphatic carbocycles. The Morgan fingerprint density at radius 3 is 2.80 bits per heavy atom. The van der Waals surface area contributed by atoms with Crippen LogP contribution >= 0.6 is 11.3 Å². The average molecular weight is 363 g/mol. The van der Waals surface area contributed by atoms with Gasteiger partial charge in [-0.2, -0.15) is 0 Å². The third-order valence-corrected chi connectivity index (χ3v) is 4.47. The van der Waals surface area contributed by atoms with Crippen molar-refractivity contribution in [3.8, 4) is 11.3 Å². The normalized spacial score (nSPS) is 12.2. The molecule has 1 aromatic carbocycles. The van der Waals surface area contributed by atoms with Gasteiger partial charge in [-0.15, -0.1) is 11.3 Å². The highest BCUT2D eigenvalue weighted by atomic mass is 32.1. The van der Waals surface area contributed by atoms with Crippen molar-refractivity contribution in [3.63, 3.8) is 0 Å². The Morgan fingerprint density at radius 1 is 1.44 bits per heavy atom.